The molecule has 2 fully saturated rings. The van der Waals surface area contributed by atoms with Gasteiger partial charge in [-0.1, -0.05) is 18.2 Å². The summed E-state index contributed by atoms with van der Waals surface area (Å²) >= 11 is 0. The molecule has 1 aromatic carbocycles. The molecule has 2 saturated heterocycles. The quantitative estimate of drug-likeness (QED) is 0.686. The van der Waals surface area contributed by atoms with Gasteiger partial charge in [-0.25, -0.2) is 4.79 Å². The van der Waals surface area contributed by atoms with E-state index in [9.17, 15) is 4.79 Å². The standard InChI is InChI=1S/C22H31N3O3/c1-27-22(26)20-17-25(21-8-3-2-7-19(20)21)10-5-9-23-11-13-24(14-12-23)16-18-6-4-15-28-18/h2-3,7-8,17-18H,4-6,9-16H2,1H3. The number of carbonyl (C=O) groups excluding carboxylic acids is 1. The Kier molecular flexibility index (Phi) is 6.29. The van der Waals surface area contributed by atoms with Crippen LogP contribution >= 0.6 is 0 Å². The van der Waals surface area contributed by atoms with Gasteiger partial charge in [-0.05, 0) is 31.9 Å². The van der Waals surface area contributed by atoms with E-state index >= 15 is 0 Å². The van der Waals surface area contributed by atoms with E-state index in [1.165, 1.54) is 20.0 Å². The third-order valence-electron chi connectivity index (χ3n) is 6.02. The smallest absolute Gasteiger partial charge is 0.340 e. The van der Waals surface area contributed by atoms with E-state index in [1.54, 1.807) is 0 Å². The van der Waals surface area contributed by atoms with Gasteiger partial charge < -0.3 is 18.9 Å². The molecule has 0 saturated carbocycles. The number of methoxy groups -OCH3 is 1. The van der Waals surface area contributed by atoms with Crippen molar-refractivity contribution in [1.82, 2.24) is 14.4 Å². The van der Waals surface area contributed by atoms with E-state index < -0.39 is 0 Å². The summed E-state index contributed by atoms with van der Waals surface area (Å²) in [6, 6.07) is 8.05. The fourth-order valence-electron chi connectivity index (χ4n) is 4.44. The highest BCUT2D eigenvalue weighted by atomic mass is 16.5. The highest BCUT2D eigenvalue weighted by Gasteiger charge is 2.22. The molecule has 0 aliphatic carbocycles. The number of carbonyl (C=O) groups is 1. The Morgan fingerprint density at radius 1 is 1.14 bits per heavy atom. The monoisotopic (exact) mass is 385 g/mol. The van der Waals surface area contributed by atoms with E-state index in [-0.39, 0.29) is 5.97 Å². The fourth-order valence-corrected chi connectivity index (χ4v) is 4.44. The van der Waals surface area contributed by atoms with E-state index in [4.69, 9.17) is 9.47 Å². The normalized spacial score (nSPS) is 21.4. The van der Waals surface area contributed by atoms with Crippen LogP contribution in [0.2, 0.25) is 0 Å². The molecule has 6 nitrogen and oxygen atoms in total. The summed E-state index contributed by atoms with van der Waals surface area (Å²) in [5, 5.41) is 0.970. The molecule has 0 N–H and O–H groups in total. The minimum absolute atomic E-state index is 0.266. The lowest BCUT2D eigenvalue weighted by Crippen LogP contribution is -2.48. The predicted octanol–water partition coefficient (Wildman–Crippen LogP) is 2.61. The van der Waals surface area contributed by atoms with Crippen LogP contribution in [0.3, 0.4) is 0 Å². The summed E-state index contributed by atoms with van der Waals surface area (Å²) in [4.78, 5) is 17.2. The second-order valence-corrected chi connectivity index (χ2v) is 7.88. The van der Waals surface area contributed by atoms with Crippen LogP contribution < -0.4 is 0 Å². The molecule has 3 heterocycles. The molecular formula is C22H31N3O3. The average molecular weight is 386 g/mol. The predicted molar refractivity (Wildman–Crippen MR) is 110 cm³/mol. The Bertz CT molecular complexity index is 789. The van der Waals surface area contributed by atoms with Crippen LogP contribution in [-0.2, 0) is 16.0 Å². The number of benzene rings is 1. The molecule has 0 spiro atoms. The summed E-state index contributed by atoms with van der Waals surface area (Å²) in [7, 11) is 1.44. The van der Waals surface area contributed by atoms with Gasteiger partial charge in [-0.15, -0.1) is 0 Å². The van der Waals surface area contributed by atoms with Crippen molar-refractivity contribution in [2.24, 2.45) is 0 Å². The van der Waals surface area contributed by atoms with Crippen molar-refractivity contribution in [2.75, 3.05) is 53.0 Å². The van der Waals surface area contributed by atoms with Gasteiger partial charge in [0.2, 0.25) is 0 Å². The molecule has 4 rings (SSSR count). The molecule has 1 unspecified atom stereocenters. The van der Waals surface area contributed by atoms with Crippen LogP contribution in [0.5, 0.6) is 0 Å². The van der Waals surface area contributed by atoms with Gasteiger partial charge >= 0.3 is 5.97 Å². The zero-order chi connectivity index (χ0) is 19.3. The Labute approximate surface area is 167 Å². The lowest BCUT2D eigenvalue weighted by atomic mass is 10.2. The van der Waals surface area contributed by atoms with Crippen molar-refractivity contribution >= 4 is 16.9 Å². The first-order valence-corrected chi connectivity index (χ1v) is 10.5. The number of aryl methyl sites for hydroxylation is 1. The van der Waals surface area contributed by atoms with Crippen LogP contribution in [0.1, 0.15) is 29.6 Å². The third kappa shape index (κ3) is 4.40. The molecule has 152 valence electrons. The minimum atomic E-state index is -0.266. The van der Waals surface area contributed by atoms with Gasteiger partial charge in [-0.3, -0.25) is 4.90 Å². The first kappa shape index (κ1) is 19.4. The van der Waals surface area contributed by atoms with Crippen molar-refractivity contribution in [3.63, 3.8) is 0 Å². The molecule has 1 atom stereocenters. The van der Waals surface area contributed by atoms with Crippen molar-refractivity contribution < 1.29 is 14.3 Å². The molecule has 0 bridgehead atoms. The number of hydrogen-bond acceptors (Lipinski definition) is 5. The summed E-state index contributed by atoms with van der Waals surface area (Å²) in [6.45, 7) is 8.58. The average Bonchev–Trinajstić information content (AvgIpc) is 3.37. The van der Waals surface area contributed by atoms with Gasteiger partial charge in [0.05, 0.1) is 18.8 Å². The maximum absolute atomic E-state index is 12.1. The van der Waals surface area contributed by atoms with Crippen LogP contribution in [0, 0.1) is 0 Å². The first-order valence-electron chi connectivity index (χ1n) is 10.5. The van der Waals surface area contributed by atoms with Crippen LogP contribution in [-0.4, -0.2) is 79.4 Å². The summed E-state index contributed by atoms with van der Waals surface area (Å²) in [5.74, 6) is -0.266. The number of para-hydroxylation sites is 1. The summed E-state index contributed by atoms with van der Waals surface area (Å²) in [6.07, 6.45) is 5.91. The molecule has 28 heavy (non-hydrogen) atoms. The van der Waals surface area contributed by atoms with Crippen LogP contribution in [0.15, 0.2) is 30.5 Å². The maximum atomic E-state index is 12.1. The second-order valence-electron chi connectivity index (χ2n) is 7.88. The number of hydrogen-bond donors (Lipinski definition) is 0. The summed E-state index contributed by atoms with van der Waals surface area (Å²) in [5.41, 5.74) is 1.75. The molecule has 2 aromatic rings. The number of fused-ring (bicyclic) bond motifs is 1. The molecular weight excluding hydrogens is 354 g/mol. The van der Waals surface area contributed by atoms with Gasteiger partial charge in [0.25, 0.3) is 0 Å². The van der Waals surface area contributed by atoms with Crippen LogP contribution in [0.25, 0.3) is 10.9 Å². The molecule has 0 amide bonds. The van der Waals surface area contributed by atoms with Crippen LogP contribution in [0.4, 0.5) is 0 Å². The Morgan fingerprint density at radius 3 is 2.68 bits per heavy atom. The number of esters is 1. The van der Waals surface area contributed by atoms with Crippen molar-refractivity contribution in [3.8, 4) is 0 Å². The maximum Gasteiger partial charge on any atom is 0.340 e. The number of nitrogens with zero attached hydrogens (tertiary/aromatic N) is 3. The van der Waals surface area contributed by atoms with Gasteiger partial charge in [-0.2, -0.15) is 0 Å². The molecule has 2 aliphatic heterocycles. The number of aromatic nitrogens is 1. The van der Waals surface area contributed by atoms with Gasteiger partial charge in [0, 0.05) is 63.0 Å². The topological polar surface area (TPSA) is 46.9 Å². The number of ether oxygens (including phenoxy) is 2. The highest BCUT2D eigenvalue weighted by Crippen LogP contribution is 2.22. The lowest BCUT2D eigenvalue weighted by molar-refractivity contribution is 0.0501. The zero-order valence-corrected chi connectivity index (χ0v) is 16.8. The Hall–Kier alpha value is -1.89. The molecule has 1 aromatic heterocycles. The number of piperazine rings is 1. The fraction of sp³-hybridized carbons (Fsp3) is 0.591. The zero-order valence-electron chi connectivity index (χ0n) is 16.8. The van der Waals surface area contributed by atoms with Crippen molar-refractivity contribution in [2.45, 2.75) is 31.9 Å². The SMILES string of the molecule is COC(=O)c1cn(CCCN2CCN(CC3CCCO3)CC2)c2ccccc12. The van der Waals surface area contributed by atoms with Gasteiger partial charge in [0.15, 0.2) is 0 Å². The second kappa shape index (κ2) is 9.07. The third-order valence-corrected chi connectivity index (χ3v) is 6.02. The van der Waals surface area contributed by atoms with Crippen molar-refractivity contribution in [3.05, 3.63) is 36.0 Å². The minimum Gasteiger partial charge on any atom is -0.465 e. The molecule has 6 heteroatoms. The van der Waals surface area contributed by atoms with E-state index in [0.29, 0.717) is 11.7 Å². The molecule has 2 aliphatic rings. The van der Waals surface area contributed by atoms with E-state index in [0.717, 1.165) is 69.7 Å². The Morgan fingerprint density at radius 2 is 1.93 bits per heavy atom. The summed E-state index contributed by atoms with van der Waals surface area (Å²) < 4.78 is 12.9. The largest absolute Gasteiger partial charge is 0.465 e. The van der Waals surface area contributed by atoms with Gasteiger partial charge in [0.1, 0.15) is 0 Å². The number of rotatable bonds is 7. The molecule has 0 radical (unpaired) electrons. The first-order chi connectivity index (χ1) is 13.7. The highest BCUT2D eigenvalue weighted by molar-refractivity contribution is 6.04. The Balaban J connectivity index is 1.27. The lowest BCUT2D eigenvalue weighted by Gasteiger charge is -2.35. The van der Waals surface area contributed by atoms with Crippen molar-refractivity contribution in [1.29, 1.82) is 0 Å². The van der Waals surface area contributed by atoms with E-state index in [1.807, 2.05) is 24.4 Å². The van der Waals surface area contributed by atoms with E-state index in [2.05, 4.69) is 20.4 Å².